The fraction of sp³-hybridized carbons (Fsp3) is 0.600. The van der Waals surface area contributed by atoms with Crippen molar-refractivity contribution in [3.05, 3.63) is 28.1 Å². The first kappa shape index (κ1) is 17.3. The number of hydrogen-bond donors (Lipinski definition) is 1. The van der Waals surface area contributed by atoms with Crippen LogP contribution in [0.3, 0.4) is 0 Å². The van der Waals surface area contributed by atoms with E-state index in [1.807, 2.05) is 11.3 Å². The minimum atomic E-state index is -0.0835. The summed E-state index contributed by atoms with van der Waals surface area (Å²) in [5.41, 5.74) is 2.12. The molecule has 0 atom stereocenters. The zero-order valence-electron chi connectivity index (χ0n) is 15.5. The zero-order chi connectivity index (χ0) is 17.1. The summed E-state index contributed by atoms with van der Waals surface area (Å²) in [5, 5.41) is 12.2. The van der Waals surface area contributed by atoms with Crippen molar-refractivity contribution < 1.29 is 5.11 Å². The first-order valence-corrected chi connectivity index (χ1v) is 8.85. The Labute approximate surface area is 139 Å². The lowest BCUT2D eigenvalue weighted by Crippen LogP contribution is -2.17. The molecule has 0 saturated heterocycles. The number of aromatic hydroxyl groups is 1. The summed E-state index contributed by atoms with van der Waals surface area (Å²) in [6.07, 6.45) is 0. The third-order valence-corrected chi connectivity index (χ3v) is 5.60. The van der Waals surface area contributed by atoms with E-state index in [-0.39, 0.29) is 16.2 Å². The Balaban J connectivity index is 2.92. The Kier molecular flexibility index (Phi) is 3.93. The van der Waals surface area contributed by atoms with Crippen LogP contribution < -0.4 is 0 Å². The molecule has 0 unspecified atom stereocenters. The van der Waals surface area contributed by atoms with E-state index in [1.54, 1.807) is 0 Å². The van der Waals surface area contributed by atoms with Crippen LogP contribution in [0.1, 0.15) is 78.3 Å². The smallest absolute Gasteiger partial charge is 0.123 e. The predicted molar refractivity (Wildman–Crippen MR) is 99.6 cm³/mol. The number of fused-ring (bicyclic) bond motifs is 1. The predicted octanol–water partition coefficient (Wildman–Crippen LogP) is 6.50. The Hall–Kier alpha value is -1.02. The number of phenolic OH excluding ortho intramolecular Hbond substituents is 1. The molecule has 1 aromatic heterocycles. The summed E-state index contributed by atoms with van der Waals surface area (Å²) in [4.78, 5) is 1.37. The van der Waals surface area contributed by atoms with Crippen LogP contribution in [-0.2, 0) is 16.2 Å². The average molecular weight is 319 g/mol. The van der Waals surface area contributed by atoms with Crippen molar-refractivity contribution in [3.8, 4) is 5.75 Å². The van der Waals surface area contributed by atoms with Gasteiger partial charge in [0.05, 0.1) is 0 Å². The molecule has 0 bridgehead atoms. The van der Waals surface area contributed by atoms with Crippen molar-refractivity contribution in [1.82, 2.24) is 0 Å². The molecular formula is C20H30OS. The average Bonchev–Trinajstić information content (AvgIpc) is 2.67. The number of hydrogen-bond acceptors (Lipinski definition) is 2. The van der Waals surface area contributed by atoms with Crippen LogP contribution in [-0.4, -0.2) is 5.11 Å². The molecule has 0 radical (unpaired) electrons. The van der Waals surface area contributed by atoms with Crippen molar-refractivity contribution in [2.45, 2.75) is 78.6 Å². The quantitative estimate of drug-likeness (QED) is 0.588. The lowest BCUT2D eigenvalue weighted by molar-refractivity contribution is 0.426. The van der Waals surface area contributed by atoms with Crippen molar-refractivity contribution in [3.63, 3.8) is 0 Å². The summed E-state index contributed by atoms with van der Waals surface area (Å²) >= 11 is 1.86. The van der Waals surface area contributed by atoms with Gasteiger partial charge in [0.1, 0.15) is 5.75 Å². The number of phenols is 1. The summed E-state index contributed by atoms with van der Waals surface area (Å²) in [5.74, 6) is 0.478. The highest BCUT2D eigenvalue weighted by Gasteiger charge is 2.30. The largest absolute Gasteiger partial charge is 0.507 e. The number of rotatable bonds is 0. The number of thiophene rings is 1. The molecule has 1 heterocycles. The Morgan fingerprint density at radius 1 is 0.773 bits per heavy atom. The van der Waals surface area contributed by atoms with E-state index in [0.29, 0.717) is 5.75 Å². The summed E-state index contributed by atoms with van der Waals surface area (Å²) in [6, 6.07) is 4.48. The first-order valence-electron chi connectivity index (χ1n) is 8.04. The highest BCUT2D eigenvalue weighted by Crippen LogP contribution is 2.47. The molecule has 0 aliphatic rings. The van der Waals surface area contributed by atoms with Gasteiger partial charge in [-0.25, -0.2) is 0 Å². The maximum atomic E-state index is 11.0. The van der Waals surface area contributed by atoms with Gasteiger partial charge < -0.3 is 5.11 Å². The van der Waals surface area contributed by atoms with E-state index in [4.69, 9.17) is 0 Å². The fourth-order valence-corrected chi connectivity index (χ4v) is 4.04. The van der Waals surface area contributed by atoms with Gasteiger partial charge in [0.2, 0.25) is 0 Å². The van der Waals surface area contributed by atoms with Crippen LogP contribution in [0.2, 0.25) is 0 Å². The van der Waals surface area contributed by atoms with Gasteiger partial charge in [-0.2, -0.15) is 0 Å². The van der Waals surface area contributed by atoms with Gasteiger partial charge >= 0.3 is 0 Å². The van der Waals surface area contributed by atoms with Crippen molar-refractivity contribution in [2.75, 3.05) is 0 Å². The lowest BCUT2D eigenvalue weighted by atomic mass is 9.78. The molecular weight excluding hydrogens is 288 g/mol. The summed E-state index contributed by atoms with van der Waals surface area (Å²) in [7, 11) is 0. The van der Waals surface area contributed by atoms with Gasteiger partial charge in [-0.05, 0) is 28.4 Å². The lowest BCUT2D eigenvalue weighted by Gasteiger charge is -2.28. The molecule has 0 spiro atoms. The molecule has 1 aromatic carbocycles. The monoisotopic (exact) mass is 318 g/mol. The van der Waals surface area contributed by atoms with Crippen LogP contribution in [0.5, 0.6) is 5.75 Å². The van der Waals surface area contributed by atoms with Crippen molar-refractivity contribution >= 4 is 21.4 Å². The topological polar surface area (TPSA) is 20.2 Å². The second-order valence-corrected chi connectivity index (χ2v) is 10.5. The maximum Gasteiger partial charge on any atom is 0.123 e. The van der Waals surface area contributed by atoms with Gasteiger partial charge in [0.15, 0.2) is 0 Å². The second kappa shape index (κ2) is 4.99. The van der Waals surface area contributed by atoms with Crippen molar-refractivity contribution in [1.29, 1.82) is 0 Å². The van der Waals surface area contributed by atoms with E-state index in [9.17, 15) is 5.11 Å². The van der Waals surface area contributed by atoms with E-state index in [0.717, 1.165) is 11.1 Å². The van der Waals surface area contributed by atoms with Crippen LogP contribution in [0.4, 0.5) is 0 Å². The van der Waals surface area contributed by atoms with Crippen LogP contribution >= 0.6 is 11.3 Å². The van der Waals surface area contributed by atoms with Gasteiger partial charge in [-0.15, -0.1) is 11.3 Å². The molecule has 122 valence electrons. The molecule has 0 amide bonds. The molecule has 0 aliphatic heterocycles. The standard InChI is InChI=1S/C20H30OS/c1-18(2,3)13-11-14-12(10-15(22-14)19(4,5)6)16(17(13)21)20(7,8)9/h10-11,21H,1-9H3. The SMILES string of the molecule is CC(C)(C)c1cc2c(C(C)(C)C)c(O)c(C(C)(C)C)cc2s1. The van der Waals surface area contributed by atoms with Gasteiger partial charge in [0.25, 0.3) is 0 Å². The Bertz CT molecular complexity index is 700. The maximum absolute atomic E-state index is 11.0. The second-order valence-electron chi connectivity index (χ2n) is 9.42. The van der Waals surface area contributed by atoms with Gasteiger partial charge in [-0.1, -0.05) is 62.3 Å². The summed E-state index contributed by atoms with van der Waals surface area (Å²) in [6.45, 7) is 19.8. The van der Waals surface area contributed by atoms with Gasteiger partial charge in [0, 0.05) is 26.1 Å². The van der Waals surface area contributed by atoms with Crippen LogP contribution in [0.15, 0.2) is 12.1 Å². The zero-order valence-corrected chi connectivity index (χ0v) is 16.3. The highest BCUT2D eigenvalue weighted by molar-refractivity contribution is 7.19. The van der Waals surface area contributed by atoms with Crippen molar-refractivity contribution in [2.24, 2.45) is 0 Å². The third-order valence-electron chi connectivity index (χ3n) is 4.09. The minimum Gasteiger partial charge on any atom is -0.507 e. The Morgan fingerprint density at radius 3 is 1.73 bits per heavy atom. The normalized spacial score (nSPS) is 13.9. The Morgan fingerprint density at radius 2 is 1.32 bits per heavy atom. The van der Waals surface area contributed by atoms with Crippen LogP contribution in [0, 0.1) is 0 Å². The van der Waals surface area contributed by atoms with E-state index in [2.05, 4.69) is 74.4 Å². The molecule has 1 N–H and O–H groups in total. The molecule has 1 nitrogen and oxygen atoms in total. The third kappa shape index (κ3) is 3.03. The van der Waals surface area contributed by atoms with E-state index >= 15 is 0 Å². The molecule has 0 fully saturated rings. The van der Waals surface area contributed by atoms with Gasteiger partial charge in [-0.3, -0.25) is 0 Å². The first-order chi connectivity index (χ1) is 9.73. The fourth-order valence-electron chi connectivity index (χ4n) is 2.87. The molecule has 2 rings (SSSR count). The molecule has 0 aliphatic carbocycles. The minimum absolute atomic E-state index is 0.0653. The summed E-state index contributed by atoms with van der Waals surface area (Å²) < 4.78 is 1.29. The molecule has 0 saturated carbocycles. The molecule has 22 heavy (non-hydrogen) atoms. The van der Waals surface area contributed by atoms with Crippen LogP contribution in [0.25, 0.3) is 10.1 Å². The van der Waals surface area contributed by atoms with E-state index in [1.165, 1.54) is 15.0 Å². The molecule has 2 heteroatoms. The molecule has 2 aromatic rings. The highest BCUT2D eigenvalue weighted by atomic mass is 32.1. The number of benzene rings is 1. The van der Waals surface area contributed by atoms with E-state index < -0.39 is 0 Å².